The summed E-state index contributed by atoms with van der Waals surface area (Å²) in [6.45, 7) is 0. The van der Waals surface area contributed by atoms with E-state index in [1.165, 1.54) is 0 Å². The SMILES string of the molecule is [2H]c1c(-c2ccc(-c3ccccc3)cc2)c([2H])c2c(oc3c([2H])c(-c4nc(-c5ccccc5)nc(-c5ccc6c(c5)oc5ccccc56)n4)c([2H])c([2H])c32)c1[2H]. The molecule has 0 amide bonds. The van der Waals surface area contributed by atoms with Gasteiger partial charge in [0.05, 0.1) is 8.22 Å². The molecular formula is C45H27N3O2. The molecular weight excluding hydrogens is 615 g/mol. The third-order valence-electron chi connectivity index (χ3n) is 8.82. The minimum atomic E-state index is -0.344. The van der Waals surface area contributed by atoms with E-state index < -0.39 is 0 Å². The van der Waals surface area contributed by atoms with Crippen LogP contribution in [0, 0.1) is 0 Å². The van der Waals surface area contributed by atoms with Crippen molar-refractivity contribution in [2.45, 2.75) is 0 Å². The molecule has 0 bridgehead atoms. The van der Waals surface area contributed by atoms with Gasteiger partial charge >= 0.3 is 0 Å². The number of hydrogen-bond donors (Lipinski definition) is 0. The highest BCUT2D eigenvalue weighted by Gasteiger charge is 2.16. The summed E-state index contributed by atoms with van der Waals surface area (Å²) in [5.74, 6) is 0.561. The maximum atomic E-state index is 9.40. The summed E-state index contributed by atoms with van der Waals surface area (Å²) in [7, 11) is 0. The van der Waals surface area contributed by atoms with Gasteiger partial charge < -0.3 is 8.83 Å². The van der Waals surface area contributed by atoms with E-state index in [0.717, 1.165) is 27.5 Å². The third kappa shape index (κ3) is 4.83. The van der Waals surface area contributed by atoms with Crippen LogP contribution in [0.1, 0.15) is 8.22 Å². The molecule has 3 aromatic heterocycles. The molecule has 5 heteroatoms. The van der Waals surface area contributed by atoms with Crippen LogP contribution in [0.25, 0.3) is 100 Å². The Morgan fingerprint density at radius 1 is 0.340 bits per heavy atom. The topological polar surface area (TPSA) is 65.0 Å². The van der Waals surface area contributed by atoms with Gasteiger partial charge in [0.1, 0.15) is 22.3 Å². The first kappa shape index (κ1) is 22.7. The Kier molecular flexibility index (Phi) is 5.17. The molecule has 10 aromatic rings. The minimum Gasteiger partial charge on any atom is -0.456 e. The molecule has 0 aliphatic carbocycles. The van der Waals surface area contributed by atoms with Crippen molar-refractivity contribution in [3.8, 4) is 56.4 Å². The molecule has 0 aliphatic rings. The van der Waals surface area contributed by atoms with Crippen LogP contribution in [0.15, 0.2) is 172 Å². The number of benzene rings is 7. The standard InChI is InChI=1S/C45H27N3O2/c1-3-9-28(10-4-1)29-15-17-30(18-16-29)32-21-24-40-38(25-32)37-23-20-34(27-42(37)50-40)45-47-43(31-11-5-2-6-12-31)46-44(48-45)33-19-22-36-35-13-7-8-14-39(35)49-41(36)26-33/h1-27H/i20D,21D,23D,24D,25D,27D. The normalized spacial score (nSPS) is 13.3. The van der Waals surface area contributed by atoms with Crippen molar-refractivity contribution in [1.29, 1.82) is 0 Å². The fraction of sp³-hybridized carbons (Fsp3) is 0. The van der Waals surface area contributed by atoms with Crippen LogP contribution in [0.4, 0.5) is 0 Å². The number of aromatic nitrogens is 3. The van der Waals surface area contributed by atoms with E-state index in [0.29, 0.717) is 28.1 Å². The smallest absolute Gasteiger partial charge is 0.164 e. The zero-order valence-electron chi connectivity index (χ0n) is 32.3. The van der Waals surface area contributed by atoms with Gasteiger partial charge in [0.2, 0.25) is 0 Å². The predicted octanol–water partition coefficient (Wildman–Crippen LogP) is 12.0. The summed E-state index contributed by atoms with van der Waals surface area (Å²) < 4.78 is 67.4. The van der Waals surface area contributed by atoms with Gasteiger partial charge in [-0.3, -0.25) is 0 Å². The van der Waals surface area contributed by atoms with Gasteiger partial charge in [0.15, 0.2) is 17.5 Å². The Morgan fingerprint density at radius 3 is 1.68 bits per heavy atom. The maximum absolute atomic E-state index is 9.40. The van der Waals surface area contributed by atoms with Gasteiger partial charge in [-0.2, -0.15) is 0 Å². The number of fused-ring (bicyclic) bond motifs is 6. The Bertz CT molecular complexity index is 3200. The predicted molar refractivity (Wildman–Crippen MR) is 202 cm³/mol. The van der Waals surface area contributed by atoms with Gasteiger partial charge in [0.25, 0.3) is 0 Å². The van der Waals surface area contributed by atoms with E-state index in [9.17, 15) is 5.48 Å². The van der Waals surface area contributed by atoms with Gasteiger partial charge in [-0.15, -0.1) is 0 Å². The van der Waals surface area contributed by atoms with Crippen molar-refractivity contribution in [3.05, 3.63) is 164 Å². The molecule has 0 saturated heterocycles. The van der Waals surface area contributed by atoms with Gasteiger partial charge in [0, 0.05) is 38.2 Å². The second kappa shape index (κ2) is 11.4. The molecule has 0 fully saturated rings. The Hall–Kier alpha value is -6.85. The fourth-order valence-electron chi connectivity index (χ4n) is 6.31. The van der Waals surface area contributed by atoms with Crippen molar-refractivity contribution in [2.24, 2.45) is 0 Å². The minimum absolute atomic E-state index is 0.0121. The van der Waals surface area contributed by atoms with Crippen molar-refractivity contribution in [3.63, 3.8) is 0 Å². The molecule has 3 heterocycles. The van der Waals surface area contributed by atoms with Crippen molar-refractivity contribution < 1.29 is 17.1 Å². The number of furan rings is 2. The highest BCUT2D eigenvalue weighted by Crippen LogP contribution is 2.36. The lowest BCUT2D eigenvalue weighted by Gasteiger charge is -2.08. The lowest BCUT2D eigenvalue weighted by Crippen LogP contribution is -2.00. The summed E-state index contributed by atoms with van der Waals surface area (Å²) in [5, 5.41) is 2.06. The van der Waals surface area contributed by atoms with E-state index in [2.05, 4.69) is 0 Å². The second-order valence-electron chi connectivity index (χ2n) is 11.9. The first-order valence-electron chi connectivity index (χ1n) is 19.1. The summed E-state index contributed by atoms with van der Waals surface area (Å²) >= 11 is 0. The van der Waals surface area contributed by atoms with E-state index in [1.54, 1.807) is 0 Å². The Labute approximate surface area is 295 Å². The number of rotatable bonds is 5. The number of para-hydroxylation sites is 1. The average Bonchev–Trinajstić information content (AvgIpc) is 3.83. The lowest BCUT2D eigenvalue weighted by atomic mass is 9.99. The molecule has 5 nitrogen and oxygen atoms in total. The monoisotopic (exact) mass is 647 g/mol. The first-order chi connectivity index (χ1) is 27.3. The van der Waals surface area contributed by atoms with Crippen LogP contribution in [0.3, 0.4) is 0 Å². The van der Waals surface area contributed by atoms with Crippen molar-refractivity contribution in [2.75, 3.05) is 0 Å². The van der Waals surface area contributed by atoms with Crippen LogP contribution >= 0.6 is 0 Å². The molecule has 50 heavy (non-hydrogen) atoms. The Morgan fingerprint density at radius 2 is 0.900 bits per heavy atom. The highest BCUT2D eigenvalue weighted by atomic mass is 16.3. The lowest BCUT2D eigenvalue weighted by molar-refractivity contribution is 0.668. The van der Waals surface area contributed by atoms with Crippen LogP contribution in [0.5, 0.6) is 0 Å². The largest absolute Gasteiger partial charge is 0.456 e. The molecule has 0 saturated carbocycles. The maximum Gasteiger partial charge on any atom is 0.164 e. The Balaban J connectivity index is 1.17. The molecule has 234 valence electrons. The van der Waals surface area contributed by atoms with E-state index >= 15 is 0 Å². The molecule has 0 spiro atoms. The molecule has 0 unspecified atom stereocenters. The van der Waals surface area contributed by atoms with Gasteiger partial charge in [-0.25, -0.2) is 15.0 Å². The van der Waals surface area contributed by atoms with Crippen LogP contribution in [-0.4, -0.2) is 15.0 Å². The van der Waals surface area contributed by atoms with E-state index in [1.807, 2.05) is 127 Å². The molecule has 10 rings (SSSR count). The van der Waals surface area contributed by atoms with Gasteiger partial charge in [-0.05, 0) is 64.6 Å². The quantitative estimate of drug-likeness (QED) is 0.186. The van der Waals surface area contributed by atoms with Crippen molar-refractivity contribution >= 4 is 43.9 Å². The molecule has 0 aliphatic heterocycles. The molecule has 0 N–H and O–H groups in total. The molecule has 0 atom stereocenters. The summed E-state index contributed by atoms with van der Waals surface area (Å²) in [4.78, 5) is 14.3. The highest BCUT2D eigenvalue weighted by molar-refractivity contribution is 6.07. The van der Waals surface area contributed by atoms with Crippen LogP contribution in [-0.2, 0) is 0 Å². The number of nitrogens with zero attached hydrogens (tertiary/aromatic N) is 3. The average molecular weight is 648 g/mol. The number of hydrogen-bond acceptors (Lipinski definition) is 5. The molecule has 0 radical (unpaired) electrons. The van der Waals surface area contributed by atoms with Crippen LogP contribution < -0.4 is 0 Å². The molecule has 7 aromatic carbocycles. The van der Waals surface area contributed by atoms with E-state index in [4.69, 9.17) is 26.5 Å². The summed E-state index contributed by atoms with van der Waals surface area (Å²) in [5.41, 5.74) is 5.16. The summed E-state index contributed by atoms with van der Waals surface area (Å²) in [6.07, 6.45) is 0. The first-order valence-corrected chi connectivity index (χ1v) is 16.1. The summed E-state index contributed by atoms with van der Waals surface area (Å²) in [6, 6.07) is 38.4. The van der Waals surface area contributed by atoms with Crippen molar-refractivity contribution in [1.82, 2.24) is 15.0 Å². The second-order valence-corrected chi connectivity index (χ2v) is 11.9. The zero-order chi connectivity index (χ0) is 38.2. The van der Waals surface area contributed by atoms with Gasteiger partial charge in [-0.1, -0.05) is 121 Å². The third-order valence-corrected chi connectivity index (χ3v) is 8.82. The zero-order valence-corrected chi connectivity index (χ0v) is 26.3. The fourth-order valence-corrected chi connectivity index (χ4v) is 6.31. The van der Waals surface area contributed by atoms with Crippen LogP contribution in [0.2, 0.25) is 0 Å². The van der Waals surface area contributed by atoms with E-state index in [-0.39, 0.29) is 81.0 Å².